The number of hydrogen-bond acceptors (Lipinski definition) is 8. The van der Waals surface area contributed by atoms with Gasteiger partial charge >= 0.3 is 11.9 Å². The van der Waals surface area contributed by atoms with Crippen LogP contribution in [0, 0.1) is 0 Å². The van der Waals surface area contributed by atoms with Gasteiger partial charge in [-0.05, 0) is 83.5 Å². The van der Waals surface area contributed by atoms with Crippen LogP contribution in [0.25, 0.3) is 0 Å². The van der Waals surface area contributed by atoms with E-state index in [2.05, 4.69) is 86.8 Å². The predicted molar refractivity (Wildman–Crippen MR) is 260 cm³/mol. The predicted octanol–water partition coefficient (Wildman–Crippen LogP) is 12.6. The van der Waals surface area contributed by atoms with Gasteiger partial charge in [-0.1, -0.05) is 170 Å². The zero-order valence-corrected chi connectivity index (χ0v) is 40.9. The highest BCUT2D eigenvalue weighted by Crippen LogP contribution is 2.14. The van der Waals surface area contributed by atoms with Crippen molar-refractivity contribution in [3.63, 3.8) is 0 Å². The molecule has 0 aliphatic carbocycles. The summed E-state index contributed by atoms with van der Waals surface area (Å²) in [7, 11) is 5.90. The Morgan fingerprint density at radius 2 is 0.905 bits per heavy atom. The van der Waals surface area contributed by atoms with Gasteiger partial charge < -0.3 is 33.3 Å². The monoisotopic (exact) mass is 884 g/mol. The lowest BCUT2D eigenvalue weighted by Gasteiger charge is -2.26. The number of allylic oxidation sites excluding steroid dienone is 12. The third kappa shape index (κ3) is 46.5. The third-order valence-electron chi connectivity index (χ3n) is 10.4. The van der Waals surface area contributed by atoms with E-state index in [-0.39, 0.29) is 32.7 Å². The summed E-state index contributed by atoms with van der Waals surface area (Å²) in [6, 6.07) is 0. The van der Waals surface area contributed by atoms with Gasteiger partial charge in [-0.15, -0.1) is 0 Å². The number of carboxylic acid groups (broad SMARTS) is 1. The molecule has 0 aromatic carbocycles. The van der Waals surface area contributed by atoms with Gasteiger partial charge in [0.2, 0.25) is 0 Å². The second kappa shape index (κ2) is 45.3. The number of unbranched alkanes of at least 4 members (excludes halogenated alkanes) is 18. The van der Waals surface area contributed by atoms with Crippen LogP contribution in [-0.4, -0.2) is 82.3 Å². The highest BCUT2D eigenvalue weighted by molar-refractivity contribution is 5.70. The van der Waals surface area contributed by atoms with Crippen LogP contribution < -0.4 is 5.11 Å². The standard InChI is InChI=1S/C54H93NO8/c1-6-8-10-12-14-16-18-20-21-22-23-24-25-26-27-28-29-30-31-33-35-37-39-41-43-45-52(57)63-50(49-62-54(53(58)59)60-47-46-55(3,4)5)48-61-51(56)44-42-40-38-36-34-32-19-17-15-13-11-9-7-2/h9,11,15,17-18,20,22-23,25-26,32,34,50,54H,6-8,10,12-14,16,19,21,24,27-31,33,35-49H2,1-5H3/b11-9-,17-15-,20-18-,23-22-,26-25-,34-32-. The molecule has 2 unspecified atom stereocenters. The van der Waals surface area contributed by atoms with Gasteiger partial charge in [-0.2, -0.15) is 0 Å². The Hall–Kier alpha value is -3.27. The zero-order chi connectivity index (χ0) is 46.3. The fraction of sp³-hybridized carbons (Fsp3) is 0.722. The normalized spacial score (nSPS) is 13.5. The minimum Gasteiger partial charge on any atom is -0.545 e. The van der Waals surface area contributed by atoms with Crippen molar-refractivity contribution in [3.05, 3.63) is 72.9 Å². The number of ether oxygens (including phenoxy) is 4. The minimum absolute atomic E-state index is 0.139. The Balaban J connectivity index is 4.33. The highest BCUT2D eigenvalue weighted by atomic mass is 16.7. The van der Waals surface area contributed by atoms with Crippen molar-refractivity contribution in [2.45, 2.75) is 206 Å². The first-order chi connectivity index (χ1) is 30.6. The Morgan fingerprint density at radius 3 is 1.37 bits per heavy atom. The lowest BCUT2D eigenvalue weighted by Crippen LogP contribution is -2.44. The van der Waals surface area contributed by atoms with E-state index >= 15 is 0 Å². The molecule has 0 saturated heterocycles. The maximum atomic E-state index is 12.8. The van der Waals surface area contributed by atoms with Gasteiger partial charge in [-0.3, -0.25) is 9.59 Å². The van der Waals surface area contributed by atoms with E-state index in [4.69, 9.17) is 18.9 Å². The van der Waals surface area contributed by atoms with Crippen molar-refractivity contribution < 1.29 is 42.9 Å². The summed E-state index contributed by atoms with van der Waals surface area (Å²) < 4.78 is 22.5. The number of hydrogen-bond donors (Lipinski definition) is 0. The zero-order valence-electron chi connectivity index (χ0n) is 40.9. The van der Waals surface area contributed by atoms with E-state index in [1.807, 2.05) is 21.1 Å². The van der Waals surface area contributed by atoms with Gasteiger partial charge in [0.25, 0.3) is 0 Å². The van der Waals surface area contributed by atoms with Gasteiger partial charge in [-0.25, -0.2) is 0 Å². The Kier molecular flexibility index (Phi) is 43.0. The number of likely N-dealkylation sites (N-methyl/N-ethyl adjacent to an activating group) is 1. The Morgan fingerprint density at radius 1 is 0.492 bits per heavy atom. The summed E-state index contributed by atoms with van der Waals surface area (Å²) in [5.74, 6) is -2.34. The highest BCUT2D eigenvalue weighted by Gasteiger charge is 2.21. The number of nitrogens with zero attached hydrogens (tertiary/aromatic N) is 1. The molecule has 0 fully saturated rings. The fourth-order valence-corrected chi connectivity index (χ4v) is 6.56. The van der Waals surface area contributed by atoms with Crippen LogP contribution in [0.3, 0.4) is 0 Å². The molecule has 0 saturated carbocycles. The summed E-state index contributed by atoms with van der Waals surface area (Å²) in [5.41, 5.74) is 0. The van der Waals surface area contributed by atoms with Crippen LogP contribution in [0.1, 0.15) is 194 Å². The summed E-state index contributed by atoms with van der Waals surface area (Å²) in [5, 5.41) is 11.7. The Bertz CT molecular complexity index is 1260. The summed E-state index contributed by atoms with van der Waals surface area (Å²) >= 11 is 0. The van der Waals surface area contributed by atoms with Gasteiger partial charge in [0.1, 0.15) is 13.2 Å². The van der Waals surface area contributed by atoms with E-state index in [1.54, 1.807) is 0 Å². The van der Waals surface area contributed by atoms with E-state index in [1.165, 1.54) is 77.0 Å². The van der Waals surface area contributed by atoms with Crippen LogP contribution in [0.2, 0.25) is 0 Å². The Labute approximate surface area is 386 Å². The van der Waals surface area contributed by atoms with E-state index in [0.717, 1.165) is 77.0 Å². The van der Waals surface area contributed by atoms with E-state index in [0.29, 0.717) is 23.9 Å². The van der Waals surface area contributed by atoms with Crippen molar-refractivity contribution in [1.29, 1.82) is 0 Å². The van der Waals surface area contributed by atoms with Crippen molar-refractivity contribution in [1.82, 2.24) is 0 Å². The first-order valence-electron chi connectivity index (χ1n) is 25.1. The number of carboxylic acids is 1. The molecule has 0 bridgehead atoms. The molecule has 0 spiro atoms. The van der Waals surface area contributed by atoms with Gasteiger partial charge in [0.15, 0.2) is 12.4 Å². The molecule has 0 heterocycles. The molecule has 0 amide bonds. The smallest absolute Gasteiger partial charge is 0.306 e. The molecule has 0 rings (SSSR count). The fourth-order valence-electron chi connectivity index (χ4n) is 6.56. The van der Waals surface area contributed by atoms with Crippen molar-refractivity contribution in [2.75, 3.05) is 47.5 Å². The molecule has 0 aliphatic heterocycles. The molecule has 9 nitrogen and oxygen atoms in total. The molecule has 362 valence electrons. The molecule has 0 aromatic rings. The van der Waals surface area contributed by atoms with Crippen molar-refractivity contribution in [2.24, 2.45) is 0 Å². The number of carbonyl (C=O) groups is 3. The third-order valence-corrected chi connectivity index (χ3v) is 10.4. The van der Waals surface area contributed by atoms with Gasteiger partial charge in [0.05, 0.1) is 40.3 Å². The molecule has 63 heavy (non-hydrogen) atoms. The number of esters is 2. The number of aliphatic carboxylic acids is 1. The molecule has 0 aromatic heterocycles. The van der Waals surface area contributed by atoms with Crippen LogP contribution >= 0.6 is 0 Å². The second-order valence-corrected chi connectivity index (χ2v) is 17.7. The van der Waals surface area contributed by atoms with Crippen LogP contribution in [0.4, 0.5) is 0 Å². The van der Waals surface area contributed by atoms with E-state index in [9.17, 15) is 19.5 Å². The topological polar surface area (TPSA) is 111 Å². The summed E-state index contributed by atoms with van der Waals surface area (Å²) in [4.78, 5) is 37.1. The van der Waals surface area contributed by atoms with E-state index < -0.39 is 30.3 Å². The van der Waals surface area contributed by atoms with Crippen LogP contribution in [0.5, 0.6) is 0 Å². The minimum atomic E-state index is -1.63. The first kappa shape index (κ1) is 59.7. The molecular weight excluding hydrogens is 791 g/mol. The quantitative estimate of drug-likeness (QED) is 0.0195. The number of carbonyl (C=O) groups excluding carboxylic acids is 3. The molecule has 0 N–H and O–H groups in total. The molecule has 2 atom stereocenters. The lowest BCUT2D eigenvalue weighted by atomic mass is 10.0. The summed E-state index contributed by atoms with van der Waals surface area (Å²) in [6.45, 7) is 4.56. The maximum Gasteiger partial charge on any atom is 0.306 e. The molecule has 9 heteroatoms. The maximum absolute atomic E-state index is 12.8. The van der Waals surface area contributed by atoms with Crippen LogP contribution in [-0.2, 0) is 33.3 Å². The SMILES string of the molecule is CC/C=C\C/C=C\C/C=C\CCCCCC(=O)OCC(COC(OCC[N+](C)(C)C)C(=O)[O-])OC(=O)CCCCCCCCCCCC/C=C\C/C=C\C/C=C\CCCCCCC. The summed E-state index contributed by atoms with van der Waals surface area (Å²) in [6.07, 6.45) is 53.7. The average Bonchev–Trinajstić information content (AvgIpc) is 3.24. The molecule has 0 aliphatic rings. The van der Waals surface area contributed by atoms with Crippen molar-refractivity contribution >= 4 is 17.9 Å². The first-order valence-corrected chi connectivity index (χ1v) is 25.1. The van der Waals surface area contributed by atoms with Gasteiger partial charge in [0, 0.05) is 12.8 Å². The number of rotatable bonds is 45. The lowest BCUT2D eigenvalue weighted by molar-refractivity contribution is -0.870. The largest absolute Gasteiger partial charge is 0.545 e. The second-order valence-electron chi connectivity index (χ2n) is 17.7. The van der Waals surface area contributed by atoms with Crippen molar-refractivity contribution in [3.8, 4) is 0 Å². The molecule has 0 radical (unpaired) electrons. The number of quaternary nitrogens is 1. The molecular formula is C54H93NO8. The van der Waals surface area contributed by atoms with Crippen LogP contribution in [0.15, 0.2) is 72.9 Å². The average molecular weight is 884 g/mol.